The Labute approximate surface area is 126 Å². The Balaban J connectivity index is 2.22. The molecule has 0 aliphatic heterocycles. The largest absolute Gasteiger partial charge is 0.248 e. The number of benzene rings is 2. The molecule has 0 aliphatic carbocycles. The first-order valence-corrected chi connectivity index (χ1v) is 7.42. The fourth-order valence-corrected chi connectivity index (χ4v) is 2.78. The van der Waals surface area contributed by atoms with Crippen molar-refractivity contribution in [3.63, 3.8) is 0 Å². The van der Waals surface area contributed by atoms with Crippen LogP contribution in [0.4, 0.5) is 0 Å². The lowest BCUT2D eigenvalue weighted by Gasteiger charge is -2.11. The molecule has 0 unspecified atom stereocenters. The van der Waals surface area contributed by atoms with Crippen LogP contribution in [0.2, 0.25) is 0 Å². The number of nitrogens with zero attached hydrogens (tertiary/aromatic N) is 1. The third-order valence-electron chi connectivity index (χ3n) is 4.42. The number of aromatic nitrogens is 1. The summed E-state index contributed by atoms with van der Waals surface area (Å²) >= 11 is 0. The molecule has 0 atom stereocenters. The van der Waals surface area contributed by atoms with Gasteiger partial charge >= 0.3 is 0 Å². The second kappa shape index (κ2) is 5.00. The van der Waals surface area contributed by atoms with Crippen LogP contribution in [0.15, 0.2) is 36.4 Å². The summed E-state index contributed by atoms with van der Waals surface area (Å²) in [6.07, 6.45) is 0. The lowest BCUT2D eigenvalue weighted by Crippen LogP contribution is -1.92. The summed E-state index contributed by atoms with van der Waals surface area (Å²) in [4.78, 5) is 4.88. The highest BCUT2D eigenvalue weighted by atomic mass is 14.7. The van der Waals surface area contributed by atoms with Gasteiger partial charge in [0, 0.05) is 10.9 Å². The van der Waals surface area contributed by atoms with E-state index in [0.717, 1.165) is 11.2 Å². The molecule has 3 aromatic rings. The van der Waals surface area contributed by atoms with Gasteiger partial charge in [0.25, 0.3) is 0 Å². The Morgan fingerprint density at radius 2 is 1.24 bits per heavy atom. The normalized spacial score (nSPS) is 11.1. The summed E-state index contributed by atoms with van der Waals surface area (Å²) in [7, 11) is 0. The van der Waals surface area contributed by atoms with Crippen LogP contribution >= 0.6 is 0 Å². The third kappa shape index (κ3) is 2.44. The molecule has 1 heteroatoms. The molecular weight excluding hydrogens is 254 g/mol. The molecule has 1 nitrogen and oxygen atoms in total. The molecule has 0 radical (unpaired) electrons. The highest BCUT2D eigenvalue weighted by Crippen LogP contribution is 2.27. The molecule has 0 N–H and O–H groups in total. The summed E-state index contributed by atoms with van der Waals surface area (Å²) in [6.45, 7) is 10.8. The van der Waals surface area contributed by atoms with Crippen LogP contribution in [0.25, 0.3) is 22.2 Å². The monoisotopic (exact) mass is 275 g/mol. The molecule has 0 fully saturated rings. The van der Waals surface area contributed by atoms with Gasteiger partial charge in [-0.1, -0.05) is 12.1 Å². The number of fused-ring (bicyclic) bond motifs is 1. The average molecular weight is 275 g/mol. The van der Waals surface area contributed by atoms with Crippen molar-refractivity contribution < 1.29 is 0 Å². The minimum atomic E-state index is 1.06. The molecule has 1 aromatic heterocycles. The predicted octanol–water partition coefficient (Wildman–Crippen LogP) is 5.44. The molecule has 0 bridgehead atoms. The number of rotatable bonds is 1. The molecule has 0 saturated carbocycles. The van der Waals surface area contributed by atoms with Crippen molar-refractivity contribution in [2.45, 2.75) is 34.6 Å². The van der Waals surface area contributed by atoms with Gasteiger partial charge in [0.1, 0.15) is 0 Å². The number of hydrogen-bond acceptors (Lipinski definition) is 1. The molecule has 0 spiro atoms. The average Bonchev–Trinajstić information content (AvgIpc) is 2.44. The zero-order valence-electron chi connectivity index (χ0n) is 13.4. The zero-order valence-corrected chi connectivity index (χ0v) is 13.4. The molecule has 0 saturated heterocycles. The SMILES string of the molecule is Cc1cc(C)c(-c2ccc3cc(C)c(C)cc3n2)cc1C. The van der Waals surface area contributed by atoms with Crippen LogP contribution < -0.4 is 0 Å². The van der Waals surface area contributed by atoms with Crippen molar-refractivity contribution in [2.24, 2.45) is 0 Å². The van der Waals surface area contributed by atoms with E-state index >= 15 is 0 Å². The van der Waals surface area contributed by atoms with Crippen molar-refractivity contribution in [2.75, 3.05) is 0 Å². The maximum atomic E-state index is 4.88. The summed E-state index contributed by atoms with van der Waals surface area (Å²) in [6, 6.07) is 13.2. The van der Waals surface area contributed by atoms with Crippen LogP contribution in [-0.4, -0.2) is 4.98 Å². The molecule has 0 amide bonds. The van der Waals surface area contributed by atoms with Gasteiger partial charge in [-0.2, -0.15) is 0 Å². The van der Waals surface area contributed by atoms with Gasteiger partial charge in [0.15, 0.2) is 0 Å². The number of aryl methyl sites for hydroxylation is 5. The standard InChI is InChI=1S/C20H21N/c1-12-8-16(5)18(10-14(12)3)19-7-6-17-9-13(2)15(4)11-20(17)21-19/h6-11H,1-5H3. The zero-order chi connectivity index (χ0) is 15.1. The van der Waals surface area contributed by atoms with Crippen molar-refractivity contribution in [1.29, 1.82) is 0 Å². The van der Waals surface area contributed by atoms with Crippen LogP contribution in [0, 0.1) is 34.6 Å². The highest BCUT2D eigenvalue weighted by Gasteiger charge is 2.07. The quantitative estimate of drug-likeness (QED) is 0.576. The molecule has 0 aliphatic rings. The van der Waals surface area contributed by atoms with Crippen LogP contribution in [-0.2, 0) is 0 Å². The Kier molecular flexibility index (Phi) is 3.29. The van der Waals surface area contributed by atoms with Crippen molar-refractivity contribution in [3.05, 3.63) is 64.2 Å². The lowest BCUT2D eigenvalue weighted by atomic mass is 9.97. The highest BCUT2D eigenvalue weighted by molar-refractivity contribution is 5.83. The first kappa shape index (κ1) is 13.8. The smallest absolute Gasteiger partial charge is 0.0712 e. The van der Waals surface area contributed by atoms with E-state index < -0.39 is 0 Å². The van der Waals surface area contributed by atoms with Crippen LogP contribution in [0.1, 0.15) is 27.8 Å². The molecule has 1 heterocycles. The van der Waals surface area contributed by atoms with Crippen molar-refractivity contribution in [1.82, 2.24) is 4.98 Å². The molecule has 21 heavy (non-hydrogen) atoms. The summed E-state index contributed by atoms with van der Waals surface area (Å²) in [5.41, 5.74) is 9.93. The van der Waals surface area contributed by atoms with Gasteiger partial charge in [-0.3, -0.25) is 0 Å². The Morgan fingerprint density at radius 3 is 2.00 bits per heavy atom. The maximum absolute atomic E-state index is 4.88. The Bertz CT molecular complexity index is 844. The minimum Gasteiger partial charge on any atom is -0.248 e. The van der Waals surface area contributed by atoms with Gasteiger partial charge < -0.3 is 0 Å². The summed E-state index contributed by atoms with van der Waals surface area (Å²) < 4.78 is 0. The first-order chi connectivity index (χ1) is 9.95. The predicted molar refractivity (Wildman–Crippen MR) is 90.9 cm³/mol. The first-order valence-electron chi connectivity index (χ1n) is 7.42. The topological polar surface area (TPSA) is 12.9 Å². The molecule has 106 valence electrons. The van der Waals surface area contributed by atoms with E-state index in [1.807, 2.05) is 0 Å². The molecular formula is C20H21N. The van der Waals surface area contributed by atoms with Crippen LogP contribution in [0.5, 0.6) is 0 Å². The summed E-state index contributed by atoms with van der Waals surface area (Å²) in [5, 5.41) is 1.21. The van der Waals surface area contributed by atoms with Gasteiger partial charge in [0.2, 0.25) is 0 Å². The fraction of sp³-hybridized carbons (Fsp3) is 0.250. The van der Waals surface area contributed by atoms with Crippen molar-refractivity contribution >= 4 is 10.9 Å². The fourth-order valence-electron chi connectivity index (χ4n) is 2.78. The third-order valence-corrected chi connectivity index (χ3v) is 4.42. The van der Waals surface area contributed by atoms with E-state index in [2.05, 4.69) is 71.0 Å². The van der Waals surface area contributed by atoms with Gasteiger partial charge in [0.05, 0.1) is 11.2 Å². The van der Waals surface area contributed by atoms with Gasteiger partial charge in [-0.05, 0) is 86.7 Å². The van der Waals surface area contributed by atoms with Gasteiger partial charge in [-0.25, -0.2) is 4.98 Å². The second-order valence-corrected chi connectivity index (χ2v) is 6.08. The summed E-state index contributed by atoms with van der Waals surface area (Å²) in [5.74, 6) is 0. The molecule has 2 aromatic carbocycles. The molecule has 3 rings (SSSR count). The van der Waals surface area contributed by atoms with E-state index in [1.165, 1.54) is 38.8 Å². The van der Waals surface area contributed by atoms with E-state index in [4.69, 9.17) is 4.98 Å². The Hall–Kier alpha value is -2.15. The van der Waals surface area contributed by atoms with E-state index in [-0.39, 0.29) is 0 Å². The minimum absolute atomic E-state index is 1.06. The van der Waals surface area contributed by atoms with E-state index in [0.29, 0.717) is 0 Å². The van der Waals surface area contributed by atoms with E-state index in [1.54, 1.807) is 0 Å². The maximum Gasteiger partial charge on any atom is 0.0712 e. The number of hydrogen-bond donors (Lipinski definition) is 0. The van der Waals surface area contributed by atoms with Crippen molar-refractivity contribution in [3.8, 4) is 11.3 Å². The lowest BCUT2D eigenvalue weighted by molar-refractivity contribution is 1.27. The van der Waals surface area contributed by atoms with Gasteiger partial charge in [-0.15, -0.1) is 0 Å². The second-order valence-electron chi connectivity index (χ2n) is 6.08. The van der Waals surface area contributed by atoms with E-state index in [9.17, 15) is 0 Å². The van der Waals surface area contributed by atoms with Crippen LogP contribution in [0.3, 0.4) is 0 Å². The number of pyridine rings is 1. The Morgan fingerprint density at radius 1 is 0.619 bits per heavy atom.